The molecule has 4 rings (SSSR count). The fraction of sp³-hybridized carbons (Fsp3) is 0.423. The summed E-state index contributed by atoms with van der Waals surface area (Å²) in [4.78, 5) is 40.3. The van der Waals surface area contributed by atoms with Crippen molar-refractivity contribution >= 4 is 17.7 Å². The summed E-state index contributed by atoms with van der Waals surface area (Å²) in [5.41, 5.74) is 1.30. The number of benzene rings is 2. The molecule has 1 saturated carbocycles. The summed E-state index contributed by atoms with van der Waals surface area (Å²) < 4.78 is 0. The van der Waals surface area contributed by atoms with E-state index >= 15 is 0 Å². The Kier molecular flexibility index (Phi) is 6.04. The van der Waals surface area contributed by atoms with Gasteiger partial charge in [0.05, 0.1) is 6.04 Å². The van der Waals surface area contributed by atoms with Crippen molar-refractivity contribution in [1.29, 1.82) is 0 Å². The smallest absolute Gasteiger partial charge is 0.254 e. The number of amides is 3. The van der Waals surface area contributed by atoms with E-state index in [-0.39, 0.29) is 35.8 Å². The van der Waals surface area contributed by atoms with Gasteiger partial charge in [-0.05, 0) is 76.3 Å². The van der Waals surface area contributed by atoms with E-state index in [4.69, 9.17) is 0 Å². The third-order valence-corrected chi connectivity index (χ3v) is 6.77. The molecular weight excluding hydrogens is 402 g/mol. The molecule has 0 bridgehead atoms. The maximum absolute atomic E-state index is 12.9. The van der Waals surface area contributed by atoms with Crippen LogP contribution in [-0.2, 0) is 4.79 Å². The predicted octanol–water partition coefficient (Wildman–Crippen LogP) is 3.84. The van der Waals surface area contributed by atoms with Crippen LogP contribution in [0.5, 0.6) is 0 Å². The molecule has 2 unspecified atom stereocenters. The second-order valence-electron chi connectivity index (χ2n) is 9.21. The Bertz CT molecular complexity index is 989. The average molecular weight is 434 g/mol. The molecule has 1 saturated heterocycles. The molecule has 1 heterocycles. The van der Waals surface area contributed by atoms with Gasteiger partial charge >= 0.3 is 0 Å². The number of carbonyl (C=O) groups is 3. The van der Waals surface area contributed by atoms with Crippen LogP contribution >= 0.6 is 0 Å². The van der Waals surface area contributed by atoms with Crippen LogP contribution in [0.1, 0.15) is 78.8 Å². The molecule has 1 aliphatic heterocycles. The van der Waals surface area contributed by atoms with E-state index in [1.165, 1.54) is 0 Å². The molecule has 32 heavy (non-hydrogen) atoms. The zero-order valence-corrected chi connectivity index (χ0v) is 18.9. The standard InChI is InChI=1S/C26H31N3O3/c1-17-9-10-18(2)29(17)24(31)22-13-11-20(12-14-22)19(3)27-25(32)26(15-16-26)28-23(30)21-7-5-4-6-8-21/h4-8,11-14,17-19H,9-10,15-16H2,1-3H3,(H,27,32)(H,28,30)/t17?,18?,19-/m1/s1. The summed E-state index contributed by atoms with van der Waals surface area (Å²) in [6.07, 6.45) is 3.33. The summed E-state index contributed by atoms with van der Waals surface area (Å²) in [7, 11) is 0. The molecule has 2 aliphatic rings. The van der Waals surface area contributed by atoms with Crippen LogP contribution in [0, 0.1) is 0 Å². The van der Waals surface area contributed by atoms with Crippen LogP contribution < -0.4 is 10.6 Å². The highest BCUT2D eigenvalue weighted by atomic mass is 16.2. The topological polar surface area (TPSA) is 78.5 Å². The molecule has 168 valence electrons. The van der Waals surface area contributed by atoms with Crippen molar-refractivity contribution in [2.24, 2.45) is 0 Å². The fourth-order valence-corrected chi connectivity index (χ4v) is 4.49. The first-order valence-electron chi connectivity index (χ1n) is 11.4. The molecule has 2 fully saturated rings. The molecule has 0 spiro atoms. The molecule has 3 amide bonds. The third-order valence-electron chi connectivity index (χ3n) is 6.77. The van der Waals surface area contributed by atoms with Gasteiger partial charge in [0, 0.05) is 23.2 Å². The summed E-state index contributed by atoms with van der Waals surface area (Å²) in [6, 6.07) is 16.7. The molecule has 2 aromatic rings. The molecular formula is C26H31N3O3. The van der Waals surface area contributed by atoms with E-state index in [9.17, 15) is 14.4 Å². The van der Waals surface area contributed by atoms with Crippen molar-refractivity contribution in [2.45, 2.75) is 70.1 Å². The second-order valence-corrected chi connectivity index (χ2v) is 9.21. The lowest BCUT2D eigenvalue weighted by atomic mass is 10.0. The van der Waals surface area contributed by atoms with E-state index < -0.39 is 5.54 Å². The summed E-state index contributed by atoms with van der Waals surface area (Å²) >= 11 is 0. The van der Waals surface area contributed by atoms with Crippen LogP contribution in [0.3, 0.4) is 0 Å². The quantitative estimate of drug-likeness (QED) is 0.727. The van der Waals surface area contributed by atoms with Gasteiger partial charge in [-0.1, -0.05) is 30.3 Å². The molecule has 2 aromatic carbocycles. The predicted molar refractivity (Wildman–Crippen MR) is 123 cm³/mol. The number of rotatable bonds is 6. The Morgan fingerprint density at radius 1 is 0.906 bits per heavy atom. The molecule has 2 N–H and O–H groups in total. The van der Waals surface area contributed by atoms with Crippen molar-refractivity contribution in [3.8, 4) is 0 Å². The van der Waals surface area contributed by atoms with Gasteiger partial charge in [-0.2, -0.15) is 0 Å². The zero-order chi connectivity index (χ0) is 22.9. The van der Waals surface area contributed by atoms with Gasteiger partial charge in [-0.3, -0.25) is 14.4 Å². The average Bonchev–Trinajstić information content (AvgIpc) is 3.51. The largest absolute Gasteiger partial charge is 0.348 e. The first-order valence-corrected chi connectivity index (χ1v) is 11.4. The maximum Gasteiger partial charge on any atom is 0.254 e. The Morgan fingerprint density at radius 3 is 2.06 bits per heavy atom. The van der Waals surface area contributed by atoms with Gasteiger partial charge < -0.3 is 15.5 Å². The Labute approximate surface area is 189 Å². The third kappa shape index (κ3) is 4.40. The lowest BCUT2D eigenvalue weighted by Crippen LogP contribution is -2.49. The van der Waals surface area contributed by atoms with E-state index in [1.54, 1.807) is 24.3 Å². The van der Waals surface area contributed by atoms with Crippen LogP contribution in [0.4, 0.5) is 0 Å². The second kappa shape index (κ2) is 8.77. The summed E-state index contributed by atoms with van der Waals surface area (Å²) in [5.74, 6) is -0.348. The van der Waals surface area contributed by atoms with Crippen molar-refractivity contribution in [3.63, 3.8) is 0 Å². The first kappa shape index (κ1) is 22.1. The highest BCUT2D eigenvalue weighted by molar-refractivity contribution is 6.00. The van der Waals surface area contributed by atoms with Gasteiger partial charge in [0.15, 0.2) is 0 Å². The van der Waals surface area contributed by atoms with Gasteiger partial charge in [-0.25, -0.2) is 0 Å². The number of hydrogen-bond donors (Lipinski definition) is 2. The van der Waals surface area contributed by atoms with E-state index in [1.807, 2.05) is 42.2 Å². The highest BCUT2D eigenvalue weighted by Gasteiger charge is 2.51. The molecule has 0 radical (unpaired) electrons. The van der Waals surface area contributed by atoms with Crippen LogP contribution in [0.15, 0.2) is 54.6 Å². The summed E-state index contributed by atoms with van der Waals surface area (Å²) in [5, 5.41) is 5.93. The molecule has 1 aliphatic carbocycles. The maximum atomic E-state index is 12.9. The van der Waals surface area contributed by atoms with Crippen molar-refractivity contribution < 1.29 is 14.4 Å². The molecule has 3 atom stereocenters. The Hall–Kier alpha value is -3.15. The molecule has 0 aromatic heterocycles. The van der Waals surface area contributed by atoms with Crippen molar-refractivity contribution in [1.82, 2.24) is 15.5 Å². The minimum Gasteiger partial charge on any atom is -0.348 e. The van der Waals surface area contributed by atoms with Gasteiger partial charge in [0.2, 0.25) is 5.91 Å². The molecule has 6 heteroatoms. The normalized spacial score (nSPS) is 22.2. The van der Waals surface area contributed by atoms with E-state index in [0.29, 0.717) is 24.0 Å². The Balaban J connectivity index is 1.37. The number of hydrogen-bond acceptors (Lipinski definition) is 3. The monoisotopic (exact) mass is 433 g/mol. The van der Waals surface area contributed by atoms with Gasteiger partial charge in [0.25, 0.3) is 11.8 Å². The Morgan fingerprint density at radius 2 is 1.50 bits per heavy atom. The fourth-order valence-electron chi connectivity index (χ4n) is 4.49. The zero-order valence-electron chi connectivity index (χ0n) is 18.9. The van der Waals surface area contributed by atoms with Crippen molar-refractivity contribution in [2.75, 3.05) is 0 Å². The minimum absolute atomic E-state index is 0.0614. The number of likely N-dealkylation sites (tertiary alicyclic amines) is 1. The number of carbonyl (C=O) groups excluding carboxylic acids is 3. The van der Waals surface area contributed by atoms with Gasteiger partial charge in [-0.15, -0.1) is 0 Å². The SMILES string of the molecule is CC1CCC(C)N1C(=O)c1ccc([C@@H](C)NC(=O)C2(NC(=O)c3ccccc3)CC2)cc1. The van der Waals surface area contributed by atoms with Crippen LogP contribution in [-0.4, -0.2) is 40.2 Å². The lowest BCUT2D eigenvalue weighted by Gasteiger charge is -2.26. The summed E-state index contributed by atoms with van der Waals surface area (Å²) in [6.45, 7) is 6.10. The minimum atomic E-state index is -0.834. The first-order chi connectivity index (χ1) is 15.3. The molecule has 6 nitrogen and oxygen atoms in total. The van der Waals surface area contributed by atoms with E-state index in [0.717, 1.165) is 18.4 Å². The van der Waals surface area contributed by atoms with Crippen LogP contribution in [0.25, 0.3) is 0 Å². The number of nitrogens with one attached hydrogen (secondary N) is 2. The highest BCUT2D eigenvalue weighted by Crippen LogP contribution is 2.36. The lowest BCUT2D eigenvalue weighted by molar-refractivity contribution is -0.124. The van der Waals surface area contributed by atoms with Gasteiger partial charge in [0.1, 0.15) is 5.54 Å². The van der Waals surface area contributed by atoms with Crippen LogP contribution in [0.2, 0.25) is 0 Å². The number of nitrogens with zero attached hydrogens (tertiary/aromatic N) is 1. The van der Waals surface area contributed by atoms with Crippen molar-refractivity contribution in [3.05, 3.63) is 71.3 Å². The van der Waals surface area contributed by atoms with E-state index in [2.05, 4.69) is 24.5 Å².